The minimum Gasteiger partial charge on any atom is -0.301 e. The van der Waals surface area contributed by atoms with Crippen LogP contribution in [0.3, 0.4) is 0 Å². The molecule has 2 nitrogen and oxygen atoms in total. The molecule has 0 amide bonds. The van der Waals surface area contributed by atoms with Crippen molar-refractivity contribution in [2.75, 3.05) is 0 Å². The SMILES string of the molecule is Fc1cc(Cl)cn2cnc(Br)c12. The number of aromatic nitrogens is 2. The Hall–Kier alpha value is -0.610. The summed E-state index contributed by atoms with van der Waals surface area (Å²) in [6.07, 6.45) is 3.09. The van der Waals surface area contributed by atoms with E-state index in [1.165, 1.54) is 16.8 Å². The van der Waals surface area contributed by atoms with E-state index in [4.69, 9.17) is 11.6 Å². The quantitative estimate of drug-likeness (QED) is 0.702. The molecular formula is C7H3BrClFN2. The second-order valence-electron chi connectivity index (χ2n) is 2.30. The molecule has 2 heterocycles. The first-order valence-corrected chi connectivity index (χ1v) is 4.33. The van der Waals surface area contributed by atoms with Crippen molar-refractivity contribution in [2.24, 2.45) is 0 Å². The summed E-state index contributed by atoms with van der Waals surface area (Å²) >= 11 is 8.76. The molecule has 0 N–H and O–H groups in total. The van der Waals surface area contributed by atoms with Crippen LogP contribution in [-0.2, 0) is 0 Å². The first-order chi connectivity index (χ1) is 5.68. The van der Waals surface area contributed by atoms with Gasteiger partial charge in [0.2, 0.25) is 0 Å². The summed E-state index contributed by atoms with van der Waals surface area (Å²) in [5.41, 5.74) is 0.402. The summed E-state index contributed by atoms with van der Waals surface area (Å²) in [5, 5.41) is 0.352. The van der Waals surface area contributed by atoms with Crippen molar-refractivity contribution < 1.29 is 4.39 Å². The van der Waals surface area contributed by atoms with Crippen molar-refractivity contribution in [2.45, 2.75) is 0 Å². The van der Waals surface area contributed by atoms with Crippen molar-refractivity contribution in [3.05, 3.63) is 34.0 Å². The summed E-state index contributed by atoms with van der Waals surface area (Å²) in [5.74, 6) is -0.383. The monoisotopic (exact) mass is 248 g/mol. The lowest BCUT2D eigenvalue weighted by Crippen LogP contribution is -1.86. The second-order valence-corrected chi connectivity index (χ2v) is 3.49. The molecule has 0 saturated carbocycles. The molecule has 2 aromatic rings. The maximum atomic E-state index is 13.2. The van der Waals surface area contributed by atoms with Gasteiger partial charge in [-0.05, 0) is 22.0 Å². The highest BCUT2D eigenvalue weighted by Crippen LogP contribution is 2.22. The van der Waals surface area contributed by atoms with Crippen LogP contribution in [-0.4, -0.2) is 9.38 Å². The van der Waals surface area contributed by atoms with Crippen molar-refractivity contribution >= 4 is 33.0 Å². The lowest BCUT2D eigenvalue weighted by atomic mass is 10.4. The van der Waals surface area contributed by atoms with Gasteiger partial charge in [-0.3, -0.25) is 0 Å². The highest BCUT2D eigenvalue weighted by Gasteiger charge is 2.07. The van der Waals surface area contributed by atoms with Gasteiger partial charge >= 0.3 is 0 Å². The molecule has 0 saturated heterocycles. The van der Waals surface area contributed by atoms with Crippen LogP contribution in [0.5, 0.6) is 0 Å². The second kappa shape index (κ2) is 2.71. The van der Waals surface area contributed by atoms with E-state index in [0.717, 1.165) is 0 Å². The predicted molar refractivity (Wildman–Crippen MR) is 47.9 cm³/mol. The van der Waals surface area contributed by atoms with Crippen molar-refractivity contribution in [1.29, 1.82) is 0 Å². The number of pyridine rings is 1. The molecule has 0 aliphatic carbocycles. The minimum absolute atomic E-state index is 0.352. The summed E-state index contributed by atoms with van der Waals surface area (Å²) in [6, 6.07) is 1.25. The molecule has 0 atom stereocenters. The van der Waals surface area contributed by atoms with Gasteiger partial charge in [0.15, 0.2) is 5.82 Å². The predicted octanol–water partition coefficient (Wildman–Crippen LogP) is 2.89. The normalized spacial score (nSPS) is 10.9. The Kier molecular flexibility index (Phi) is 1.81. The molecule has 12 heavy (non-hydrogen) atoms. The summed E-state index contributed by atoms with van der Waals surface area (Å²) in [6.45, 7) is 0. The molecule has 0 radical (unpaired) electrons. The molecule has 2 aromatic heterocycles. The Morgan fingerprint density at radius 2 is 2.33 bits per heavy atom. The van der Waals surface area contributed by atoms with E-state index in [-0.39, 0.29) is 5.82 Å². The zero-order valence-corrected chi connectivity index (χ0v) is 8.10. The van der Waals surface area contributed by atoms with E-state index < -0.39 is 0 Å². The van der Waals surface area contributed by atoms with E-state index in [9.17, 15) is 4.39 Å². The molecular weight excluding hydrogens is 246 g/mol. The number of nitrogens with zero attached hydrogens (tertiary/aromatic N) is 2. The van der Waals surface area contributed by atoms with Crippen molar-refractivity contribution in [3.63, 3.8) is 0 Å². The van der Waals surface area contributed by atoms with Crippen LogP contribution in [0.1, 0.15) is 0 Å². The van der Waals surface area contributed by atoms with Gasteiger partial charge in [-0.25, -0.2) is 9.37 Å². The number of halogens is 3. The third-order valence-corrected chi connectivity index (χ3v) is 2.29. The van der Waals surface area contributed by atoms with Gasteiger partial charge in [-0.15, -0.1) is 0 Å². The van der Waals surface area contributed by atoms with Crippen LogP contribution < -0.4 is 0 Å². The van der Waals surface area contributed by atoms with Crippen LogP contribution in [0.25, 0.3) is 5.52 Å². The third kappa shape index (κ3) is 1.11. The first kappa shape index (κ1) is 8.01. The number of rotatable bonds is 0. The topological polar surface area (TPSA) is 17.3 Å². The number of imidazole rings is 1. The van der Waals surface area contributed by atoms with Gasteiger partial charge in [-0.2, -0.15) is 0 Å². The Morgan fingerprint density at radius 3 is 3.08 bits per heavy atom. The number of fused-ring (bicyclic) bond motifs is 1. The largest absolute Gasteiger partial charge is 0.301 e. The van der Waals surface area contributed by atoms with Gasteiger partial charge in [-0.1, -0.05) is 11.6 Å². The fourth-order valence-corrected chi connectivity index (χ4v) is 1.70. The molecule has 0 aliphatic heterocycles. The van der Waals surface area contributed by atoms with Crippen molar-refractivity contribution in [1.82, 2.24) is 9.38 Å². The number of hydrogen-bond donors (Lipinski definition) is 0. The van der Waals surface area contributed by atoms with Crippen LogP contribution in [0.4, 0.5) is 4.39 Å². The molecule has 0 fully saturated rings. The molecule has 62 valence electrons. The molecule has 2 rings (SSSR count). The van der Waals surface area contributed by atoms with Gasteiger partial charge in [0.1, 0.15) is 16.4 Å². The van der Waals surface area contributed by atoms with E-state index >= 15 is 0 Å². The fourth-order valence-electron chi connectivity index (χ4n) is 1.02. The lowest BCUT2D eigenvalue weighted by Gasteiger charge is -1.96. The number of hydrogen-bond acceptors (Lipinski definition) is 1. The highest BCUT2D eigenvalue weighted by molar-refractivity contribution is 9.10. The summed E-state index contributed by atoms with van der Waals surface area (Å²) < 4.78 is 15.2. The van der Waals surface area contributed by atoms with E-state index in [1.54, 1.807) is 6.20 Å². The molecule has 0 aromatic carbocycles. The molecule has 5 heteroatoms. The Labute approximate surface area is 81.1 Å². The van der Waals surface area contributed by atoms with Gasteiger partial charge in [0, 0.05) is 6.20 Å². The zero-order chi connectivity index (χ0) is 8.72. The average molecular weight is 249 g/mol. The van der Waals surface area contributed by atoms with Crippen LogP contribution in [0.15, 0.2) is 23.2 Å². The maximum absolute atomic E-state index is 13.2. The Balaban J connectivity index is 2.93. The summed E-state index contributed by atoms with van der Waals surface area (Å²) in [7, 11) is 0. The molecule has 0 spiro atoms. The fraction of sp³-hybridized carbons (Fsp3) is 0. The minimum atomic E-state index is -0.383. The summed E-state index contributed by atoms with van der Waals surface area (Å²) in [4.78, 5) is 3.88. The smallest absolute Gasteiger partial charge is 0.151 e. The van der Waals surface area contributed by atoms with Crippen molar-refractivity contribution in [3.8, 4) is 0 Å². The molecule has 0 bridgehead atoms. The van der Waals surface area contributed by atoms with E-state index in [1.807, 2.05) is 0 Å². The first-order valence-electron chi connectivity index (χ1n) is 3.15. The standard InChI is InChI=1S/C7H3BrClFN2/c8-7-6-5(10)1-4(9)2-12(6)3-11-7/h1-3H. The van der Waals surface area contributed by atoms with E-state index in [0.29, 0.717) is 15.1 Å². The van der Waals surface area contributed by atoms with Gasteiger partial charge in [0.05, 0.1) is 5.02 Å². The van der Waals surface area contributed by atoms with Gasteiger partial charge < -0.3 is 4.40 Å². The van der Waals surface area contributed by atoms with Crippen LogP contribution >= 0.6 is 27.5 Å². The zero-order valence-electron chi connectivity index (χ0n) is 5.76. The Bertz CT molecular complexity index is 440. The van der Waals surface area contributed by atoms with Crippen LogP contribution in [0, 0.1) is 5.82 Å². The van der Waals surface area contributed by atoms with Crippen LogP contribution in [0.2, 0.25) is 5.02 Å². The van der Waals surface area contributed by atoms with E-state index in [2.05, 4.69) is 20.9 Å². The average Bonchev–Trinajstić information content (AvgIpc) is 2.31. The highest BCUT2D eigenvalue weighted by atomic mass is 79.9. The third-order valence-electron chi connectivity index (χ3n) is 1.50. The lowest BCUT2D eigenvalue weighted by molar-refractivity contribution is 0.633. The van der Waals surface area contributed by atoms with Gasteiger partial charge in [0.25, 0.3) is 0 Å². The Morgan fingerprint density at radius 1 is 1.58 bits per heavy atom. The molecule has 0 aliphatic rings. The maximum Gasteiger partial charge on any atom is 0.151 e. The molecule has 0 unspecified atom stereocenters.